The van der Waals surface area contributed by atoms with Gasteiger partial charge >= 0.3 is 11.9 Å². The molecule has 0 fully saturated rings. The van der Waals surface area contributed by atoms with Crippen LogP contribution in [0.1, 0.15) is 53.4 Å². The second-order valence-electron chi connectivity index (χ2n) is 8.95. The quantitative estimate of drug-likeness (QED) is 0.374. The molecule has 1 aliphatic rings. The lowest BCUT2D eigenvalue weighted by atomic mass is 9.87. The van der Waals surface area contributed by atoms with E-state index in [0.29, 0.717) is 11.1 Å². The molecule has 0 aliphatic carbocycles. The Morgan fingerprint density at radius 2 is 1.92 bits per heavy atom. The van der Waals surface area contributed by atoms with E-state index in [1.807, 2.05) is 5.10 Å². The molecule has 0 amide bonds. The Bertz CT molecular complexity index is 1560. The zero-order chi connectivity index (χ0) is 28.2. The van der Waals surface area contributed by atoms with Crippen molar-refractivity contribution < 1.29 is 40.2 Å². The van der Waals surface area contributed by atoms with Gasteiger partial charge in [-0.3, -0.25) is 0 Å². The highest BCUT2D eigenvalue weighted by molar-refractivity contribution is 7.89. The van der Waals surface area contributed by atoms with Crippen molar-refractivity contribution >= 4 is 21.6 Å². The number of nitrogens with one attached hydrogen (secondary N) is 2. The van der Waals surface area contributed by atoms with E-state index in [2.05, 4.69) is 9.82 Å². The van der Waals surface area contributed by atoms with Crippen molar-refractivity contribution in [3.8, 4) is 5.75 Å². The first-order valence-electron chi connectivity index (χ1n) is 11.2. The van der Waals surface area contributed by atoms with Crippen molar-refractivity contribution in [2.24, 2.45) is 0 Å². The third-order valence-corrected chi connectivity index (χ3v) is 8.42. The van der Waals surface area contributed by atoms with E-state index in [-0.39, 0.29) is 5.56 Å². The molecule has 0 spiro atoms. The molecule has 2 heterocycles. The molecule has 4 rings (SSSR count). The first kappa shape index (κ1) is 28.1. The van der Waals surface area contributed by atoms with E-state index in [1.165, 1.54) is 19.1 Å². The predicted molar refractivity (Wildman–Crippen MR) is 126 cm³/mol. The first-order chi connectivity index (χ1) is 17.6. The molecule has 3 atom stereocenters. The Hall–Kier alpha value is -2.94. The topological polar surface area (TPSA) is 135 Å². The van der Waals surface area contributed by atoms with Crippen LogP contribution in [0.5, 0.6) is 5.75 Å². The largest absolute Gasteiger partial charge is 0.492 e. The fourth-order valence-corrected chi connectivity index (χ4v) is 6.21. The van der Waals surface area contributed by atoms with E-state index >= 15 is 0 Å². The summed E-state index contributed by atoms with van der Waals surface area (Å²) >= 11 is 5.98. The van der Waals surface area contributed by atoms with E-state index in [9.17, 15) is 35.9 Å². The van der Waals surface area contributed by atoms with Gasteiger partial charge in [0.05, 0.1) is 17.2 Å². The summed E-state index contributed by atoms with van der Waals surface area (Å²) < 4.78 is 96.1. The van der Waals surface area contributed by atoms with Gasteiger partial charge in [0.15, 0.2) is 5.60 Å². The van der Waals surface area contributed by atoms with Gasteiger partial charge < -0.3 is 14.3 Å². The number of fused-ring (bicyclic) bond motifs is 1. The van der Waals surface area contributed by atoms with Gasteiger partial charge in [-0.2, -0.15) is 17.9 Å². The minimum absolute atomic E-state index is 0.101. The average Bonchev–Trinajstić information content (AvgIpc) is 3.25. The van der Waals surface area contributed by atoms with Crippen LogP contribution in [0.25, 0.3) is 0 Å². The van der Waals surface area contributed by atoms with Crippen molar-refractivity contribution in [2.75, 3.05) is 6.61 Å². The average molecular weight is 580 g/mol. The fourth-order valence-electron chi connectivity index (χ4n) is 4.49. The lowest BCUT2D eigenvalue weighted by Crippen LogP contribution is -2.46. The summed E-state index contributed by atoms with van der Waals surface area (Å²) in [5, 5.41) is 15.6. The van der Waals surface area contributed by atoms with Gasteiger partial charge in [0.2, 0.25) is 15.9 Å². The monoisotopic (exact) mass is 579 g/mol. The smallest absolute Gasteiger partial charge is 0.434 e. The number of nitrogens with zero attached hydrogens (tertiary/aromatic N) is 1. The van der Waals surface area contributed by atoms with Crippen molar-refractivity contribution in [1.29, 1.82) is 0 Å². The number of ether oxygens (including phenoxy) is 1. The summed E-state index contributed by atoms with van der Waals surface area (Å²) in [5.74, 6) is -3.93. The van der Waals surface area contributed by atoms with Gasteiger partial charge in [0.1, 0.15) is 22.5 Å². The van der Waals surface area contributed by atoms with Crippen molar-refractivity contribution in [1.82, 2.24) is 14.9 Å². The maximum Gasteiger partial charge on any atom is 0.434 e. The third-order valence-electron chi connectivity index (χ3n) is 6.64. The Labute approximate surface area is 218 Å². The molecule has 0 radical (unpaired) electrons. The summed E-state index contributed by atoms with van der Waals surface area (Å²) in [5.41, 5.74) is -3.11. The van der Waals surface area contributed by atoms with Crippen molar-refractivity contribution in [2.45, 2.75) is 55.8 Å². The summed E-state index contributed by atoms with van der Waals surface area (Å²) in [6.45, 7) is 4.15. The molecule has 0 saturated heterocycles. The van der Waals surface area contributed by atoms with Crippen LogP contribution >= 0.6 is 11.6 Å². The highest BCUT2D eigenvalue weighted by atomic mass is 35.5. The number of hydrogen-bond donors (Lipinski definition) is 3. The Balaban J connectivity index is 1.86. The van der Waals surface area contributed by atoms with Crippen molar-refractivity contribution in [3.63, 3.8) is 0 Å². The molecular weight excluding hydrogens is 558 g/mol. The maximum absolute atomic E-state index is 14.9. The van der Waals surface area contributed by atoms with Crippen LogP contribution in [-0.4, -0.2) is 36.5 Å². The number of benzene rings is 2. The lowest BCUT2D eigenvalue weighted by molar-refractivity contribution is -0.274. The predicted octanol–water partition coefficient (Wildman–Crippen LogP) is 4.13. The molecule has 1 aliphatic heterocycles. The minimum Gasteiger partial charge on any atom is -0.492 e. The fraction of sp³-hybridized carbons (Fsp3) is 0.391. The Morgan fingerprint density at radius 1 is 1.24 bits per heavy atom. The van der Waals surface area contributed by atoms with Gasteiger partial charge in [0.25, 0.3) is 0 Å². The number of rotatable bonds is 6. The number of aliphatic hydroxyl groups is 1. The zero-order valence-electron chi connectivity index (χ0n) is 20.1. The molecule has 2 aromatic carbocycles. The number of alkyl halides is 3. The summed E-state index contributed by atoms with van der Waals surface area (Å²) in [7, 11) is -4.79. The second-order valence-corrected chi connectivity index (χ2v) is 11.0. The van der Waals surface area contributed by atoms with Crippen LogP contribution in [0.2, 0.25) is 5.02 Å². The molecular formula is C23H22ClF4N3O6S. The molecule has 15 heteroatoms. The number of aryl methyl sites for hydroxylation is 1. The van der Waals surface area contributed by atoms with Crippen LogP contribution in [0.3, 0.4) is 0 Å². The van der Waals surface area contributed by atoms with Crippen LogP contribution in [-0.2, 0) is 15.6 Å². The summed E-state index contributed by atoms with van der Waals surface area (Å²) in [4.78, 5) is 10.9. The number of sulfonamides is 1. The number of aromatic nitrogens is 2. The van der Waals surface area contributed by atoms with Crippen LogP contribution in [0.4, 0.5) is 17.6 Å². The molecule has 3 N–H and O–H groups in total. The molecule has 206 valence electrons. The van der Waals surface area contributed by atoms with Crippen LogP contribution < -0.4 is 15.2 Å². The van der Waals surface area contributed by atoms with Gasteiger partial charge in [-0.15, -0.1) is 5.10 Å². The van der Waals surface area contributed by atoms with Crippen molar-refractivity contribution in [3.05, 3.63) is 73.8 Å². The number of hydrogen-bond acceptors (Lipinski definition) is 7. The summed E-state index contributed by atoms with van der Waals surface area (Å²) in [6, 6.07) is 3.03. The highest BCUT2D eigenvalue weighted by Gasteiger charge is 2.59. The normalized spacial score (nSPS) is 19.5. The number of H-pyrrole nitrogens is 1. The van der Waals surface area contributed by atoms with Gasteiger partial charge in [-0.1, -0.05) is 24.6 Å². The zero-order valence-corrected chi connectivity index (χ0v) is 21.7. The molecule has 3 aromatic rings. The van der Waals surface area contributed by atoms with Gasteiger partial charge in [0, 0.05) is 12.3 Å². The number of aromatic amines is 1. The lowest BCUT2D eigenvalue weighted by Gasteiger charge is -2.37. The number of halogens is 5. The van der Waals surface area contributed by atoms with Crippen LogP contribution in [0, 0.1) is 19.7 Å². The van der Waals surface area contributed by atoms with E-state index in [1.54, 1.807) is 13.8 Å². The van der Waals surface area contributed by atoms with Crippen LogP contribution in [0.15, 0.2) is 38.4 Å². The molecule has 1 aromatic heterocycles. The second kappa shape index (κ2) is 9.67. The molecule has 0 saturated carbocycles. The minimum atomic E-state index is -5.19. The molecule has 38 heavy (non-hydrogen) atoms. The Kier molecular flexibility index (Phi) is 7.14. The summed E-state index contributed by atoms with van der Waals surface area (Å²) in [6.07, 6.45) is -6.11. The van der Waals surface area contributed by atoms with Gasteiger partial charge in [-0.05, 0) is 48.7 Å². The van der Waals surface area contributed by atoms with E-state index < -0.39 is 85.5 Å². The highest BCUT2D eigenvalue weighted by Crippen LogP contribution is 2.52. The SMILES string of the molecule is Cc1ccc(F)c(C(C)C(NS(=O)(=O)c2ccc(Cl)c3c2OCCC3(O)C(F)(F)F)c2n[nH]c(=O)o2)c1C. The third kappa shape index (κ3) is 4.70. The molecule has 0 bridgehead atoms. The van der Waals surface area contributed by atoms with E-state index in [0.717, 1.165) is 12.1 Å². The molecule has 3 unspecified atom stereocenters. The first-order valence-corrected chi connectivity index (χ1v) is 13.0. The van der Waals surface area contributed by atoms with Gasteiger partial charge in [-0.25, -0.2) is 22.7 Å². The Morgan fingerprint density at radius 3 is 2.53 bits per heavy atom. The standard InChI is InChI=1S/C23H22ClF4N3O6S/c1-10-4-6-14(25)16(11(10)2)12(3)18(20-29-30-21(32)37-20)31-38(34,35)15-7-5-13(24)17-19(15)36-9-8-22(17,33)23(26,27)28/h4-7,12,18,31,33H,8-9H2,1-3H3,(H,30,32). The maximum atomic E-state index is 14.9. The van der Waals surface area contributed by atoms with E-state index in [4.69, 9.17) is 20.8 Å². The molecule has 9 nitrogen and oxygen atoms in total.